The summed E-state index contributed by atoms with van der Waals surface area (Å²) in [5.41, 5.74) is 3.30. The Morgan fingerprint density at radius 1 is 1.17 bits per heavy atom. The number of nitrogens with zero attached hydrogens (tertiary/aromatic N) is 2. The van der Waals surface area contributed by atoms with E-state index in [4.69, 9.17) is 0 Å². The first kappa shape index (κ1) is 21.8. The van der Waals surface area contributed by atoms with Crippen molar-refractivity contribution in [1.82, 2.24) is 9.88 Å². The zero-order valence-corrected chi connectivity index (χ0v) is 19.2. The minimum Gasteiger partial charge on any atom is -0.349 e. The number of amides is 1. The molecule has 0 spiro atoms. The summed E-state index contributed by atoms with van der Waals surface area (Å²) in [7, 11) is 0. The van der Waals surface area contributed by atoms with E-state index < -0.39 is 5.91 Å². The van der Waals surface area contributed by atoms with Gasteiger partial charge >= 0.3 is 0 Å². The third kappa shape index (κ3) is 4.16. The van der Waals surface area contributed by atoms with Crippen molar-refractivity contribution in [2.24, 2.45) is 0 Å². The molecule has 0 bridgehead atoms. The lowest BCUT2D eigenvalue weighted by Crippen LogP contribution is -2.36. The van der Waals surface area contributed by atoms with Gasteiger partial charge in [0.15, 0.2) is 5.57 Å². The van der Waals surface area contributed by atoms with Crippen LogP contribution in [0.5, 0.6) is 0 Å². The summed E-state index contributed by atoms with van der Waals surface area (Å²) in [6, 6.07) is 9.67. The van der Waals surface area contributed by atoms with E-state index in [1.54, 1.807) is 11.3 Å². The average Bonchev–Trinajstić information content (AvgIpc) is 3.20. The van der Waals surface area contributed by atoms with Crippen LogP contribution >= 0.6 is 22.7 Å². The van der Waals surface area contributed by atoms with E-state index in [1.165, 1.54) is 15.9 Å². The Bertz CT molecular complexity index is 1310. The van der Waals surface area contributed by atoms with Crippen LogP contribution in [0.4, 0.5) is 0 Å². The minimum atomic E-state index is -0.479. The first-order chi connectivity index (χ1) is 14.2. The molecule has 1 N–H and O–H groups in total. The van der Waals surface area contributed by atoms with E-state index in [0.29, 0.717) is 14.9 Å². The second-order valence-electron chi connectivity index (χ2n) is 7.38. The molecule has 0 atom stereocenters. The molecule has 2 aromatic heterocycles. The fourth-order valence-electron chi connectivity index (χ4n) is 3.19. The minimum absolute atomic E-state index is 0.0593. The Labute approximate surface area is 183 Å². The molecule has 0 fully saturated rings. The highest BCUT2D eigenvalue weighted by molar-refractivity contribution is 7.11. The summed E-state index contributed by atoms with van der Waals surface area (Å²) in [6.07, 6.45) is 1.84. The van der Waals surface area contributed by atoms with E-state index in [9.17, 15) is 14.9 Å². The normalized spacial score (nSPS) is 12.8. The van der Waals surface area contributed by atoms with Gasteiger partial charge in [-0.1, -0.05) is 18.2 Å². The lowest BCUT2D eigenvalue weighted by Gasteiger charge is -2.11. The number of carbonyl (C=O) groups is 1. The Balaban J connectivity index is 2.47. The van der Waals surface area contributed by atoms with Crippen molar-refractivity contribution in [2.75, 3.05) is 0 Å². The lowest BCUT2D eigenvalue weighted by molar-refractivity contribution is -0.116. The number of nitrogens with one attached hydrogen (secondary N) is 1. The highest BCUT2D eigenvalue weighted by atomic mass is 32.1. The van der Waals surface area contributed by atoms with Crippen LogP contribution in [0.15, 0.2) is 34.4 Å². The van der Waals surface area contributed by atoms with Gasteiger partial charge in [-0.2, -0.15) is 5.26 Å². The van der Waals surface area contributed by atoms with Crippen molar-refractivity contribution in [3.63, 3.8) is 0 Å². The van der Waals surface area contributed by atoms with E-state index in [0.717, 1.165) is 21.6 Å². The summed E-state index contributed by atoms with van der Waals surface area (Å²) >= 11 is 2.73. The lowest BCUT2D eigenvalue weighted by atomic mass is 10.1. The van der Waals surface area contributed by atoms with Crippen LogP contribution < -0.4 is 20.1 Å². The van der Waals surface area contributed by atoms with Crippen molar-refractivity contribution in [2.45, 2.75) is 40.7 Å². The number of aromatic nitrogens is 1. The van der Waals surface area contributed by atoms with Crippen LogP contribution in [0.2, 0.25) is 0 Å². The molecule has 1 aromatic carbocycles. The molecule has 0 saturated heterocycles. The van der Waals surface area contributed by atoms with Crippen LogP contribution in [0.1, 0.15) is 35.4 Å². The number of para-hydroxylation sites is 1. The summed E-state index contributed by atoms with van der Waals surface area (Å²) in [5, 5.41) is 14.6. The summed E-state index contributed by atoms with van der Waals surface area (Å²) in [6.45, 7) is 9.49. The standard InChI is InChI=1S/C23H23N3O2S2/c1-13(2)25-21(27)17(12-24)23-26(20-15(4)7-6-8-16(20)5)22(28)19(30-23)11-18-14(3)9-10-29-18/h6-11,13H,1-5H3,(H,25,27)/b19-11-,23-17-. The number of benzene rings is 1. The maximum absolute atomic E-state index is 13.5. The molecular formula is C23H23N3O2S2. The predicted molar refractivity (Wildman–Crippen MR) is 124 cm³/mol. The maximum Gasteiger partial charge on any atom is 0.273 e. The molecule has 5 nitrogen and oxygen atoms in total. The number of thiophene rings is 1. The number of aryl methyl sites for hydroxylation is 3. The molecule has 2 heterocycles. The zero-order valence-electron chi connectivity index (χ0n) is 17.6. The number of rotatable bonds is 4. The first-order valence-electron chi connectivity index (χ1n) is 9.54. The van der Waals surface area contributed by atoms with Crippen molar-refractivity contribution in [3.8, 4) is 11.8 Å². The Kier molecular flexibility index (Phi) is 6.40. The topological polar surface area (TPSA) is 74.9 Å². The number of thiazole rings is 1. The molecule has 7 heteroatoms. The van der Waals surface area contributed by atoms with Crippen LogP contribution in [0, 0.1) is 32.1 Å². The highest BCUT2D eigenvalue weighted by Gasteiger charge is 2.19. The summed E-state index contributed by atoms with van der Waals surface area (Å²) < 4.78 is 2.35. The van der Waals surface area contributed by atoms with Gasteiger partial charge in [0, 0.05) is 10.9 Å². The molecule has 1 amide bonds. The fraction of sp³-hybridized carbons (Fsp3) is 0.261. The monoisotopic (exact) mass is 437 g/mol. The van der Waals surface area contributed by atoms with Gasteiger partial charge < -0.3 is 5.32 Å². The SMILES string of the molecule is Cc1ccsc1/C=c1\s/c(=C(/C#N)C(=O)NC(C)C)n(-c2c(C)cccc2C)c1=O. The van der Waals surface area contributed by atoms with Crippen LogP contribution in [0.25, 0.3) is 17.3 Å². The third-order valence-corrected chi connectivity index (χ3v) is 6.68. The van der Waals surface area contributed by atoms with Gasteiger partial charge in [0.2, 0.25) is 0 Å². The maximum atomic E-state index is 13.5. The van der Waals surface area contributed by atoms with Crippen LogP contribution in [0.3, 0.4) is 0 Å². The predicted octanol–water partition coefficient (Wildman–Crippen LogP) is 2.91. The van der Waals surface area contributed by atoms with E-state index in [-0.39, 0.29) is 17.2 Å². The van der Waals surface area contributed by atoms with E-state index in [1.807, 2.05) is 76.4 Å². The average molecular weight is 438 g/mol. The molecule has 0 aliphatic rings. The first-order valence-corrected chi connectivity index (χ1v) is 11.2. The van der Waals surface area contributed by atoms with Crippen molar-refractivity contribution in [1.29, 1.82) is 5.26 Å². The second-order valence-corrected chi connectivity index (χ2v) is 9.36. The smallest absolute Gasteiger partial charge is 0.273 e. The molecule has 30 heavy (non-hydrogen) atoms. The van der Waals surface area contributed by atoms with Gasteiger partial charge in [-0.25, -0.2) is 0 Å². The van der Waals surface area contributed by atoms with Crippen molar-refractivity contribution < 1.29 is 4.79 Å². The van der Waals surface area contributed by atoms with Gasteiger partial charge in [0.25, 0.3) is 11.5 Å². The molecule has 3 rings (SSSR count). The van der Waals surface area contributed by atoms with Gasteiger partial charge in [0.1, 0.15) is 10.7 Å². The molecule has 3 aromatic rings. The third-order valence-electron chi connectivity index (χ3n) is 4.62. The van der Waals surface area contributed by atoms with Gasteiger partial charge in [-0.05, 0) is 68.8 Å². The summed E-state index contributed by atoms with van der Waals surface area (Å²) in [5.74, 6) is -0.479. The Morgan fingerprint density at radius 3 is 2.37 bits per heavy atom. The molecule has 154 valence electrons. The largest absolute Gasteiger partial charge is 0.349 e. The molecule has 0 radical (unpaired) electrons. The van der Waals surface area contributed by atoms with E-state index in [2.05, 4.69) is 5.32 Å². The fourth-order valence-corrected chi connectivity index (χ4v) is 5.20. The van der Waals surface area contributed by atoms with Gasteiger partial charge in [-0.15, -0.1) is 22.7 Å². The van der Waals surface area contributed by atoms with Gasteiger partial charge in [-0.3, -0.25) is 14.2 Å². The number of nitriles is 1. The van der Waals surface area contributed by atoms with Crippen molar-refractivity contribution >= 4 is 40.2 Å². The number of hydrogen-bond acceptors (Lipinski definition) is 5. The summed E-state index contributed by atoms with van der Waals surface area (Å²) in [4.78, 5) is 27.2. The molecule has 0 aliphatic heterocycles. The van der Waals surface area contributed by atoms with Crippen molar-refractivity contribution in [3.05, 3.63) is 70.8 Å². The number of hydrogen-bond donors (Lipinski definition) is 1. The quantitative estimate of drug-likeness (QED) is 0.682. The number of carbonyl (C=O) groups excluding carboxylic acids is 1. The highest BCUT2D eigenvalue weighted by Crippen LogP contribution is 2.17. The Hall–Kier alpha value is -2.95. The van der Waals surface area contributed by atoms with E-state index >= 15 is 0 Å². The molecule has 0 aliphatic carbocycles. The zero-order chi connectivity index (χ0) is 22.0. The van der Waals surface area contributed by atoms with Gasteiger partial charge in [0.05, 0.1) is 10.2 Å². The Morgan fingerprint density at radius 2 is 1.83 bits per heavy atom. The van der Waals surface area contributed by atoms with Crippen LogP contribution in [-0.4, -0.2) is 16.5 Å². The molecule has 0 unspecified atom stereocenters. The molecule has 0 saturated carbocycles. The van der Waals surface area contributed by atoms with Crippen LogP contribution in [-0.2, 0) is 4.79 Å². The molecular weight excluding hydrogens is 414 g/mol. The second kappa shape index (κ2) is 8.82.